The first-order valence-electron chi connectivity index (χ1n) is 9.94. The smallest absolute Gasteiger partial charge is 0.282 e. The lowest BCUT2D eigenvalue weighted by atomic mass is 10.2. The maximum atomic E-state index is 12.6. The summed E-state index contributed by atoms with van der Waals surface area (Å²) in [6.07, 6.45) is 0. The molecule has 28 heavy (non-hydrogen) atoms. The summed E-state index contributed by atoms with van der Waals surface area (Å²) in [5.41, 5.74) is 4.21. The summed E-state index contributed by atoms with van der Waals surface area (Å²) in [6, 6.07) is 14.3. The van der Waals surface area contributed by atoms with Gasteiger partial charge in [-0.25, -0.2) is 4.98 Å². The zero-order valence-corrected chi connectivity index (χ0v) is 17.5. The van der Waals surface area contributed by atoms with E-state index in [4.69, 9.17) is 4.98 Å². The van der Waals surface area contributed by atoms with E-state index in [0.717, 1.165) is 48.0 Å². The van der Waals surface area contributed by atoms with Crippen molar-refractivity contribution in [3.8, 4) is 10.6 Å². The van der Waals surface area contributed by atoms with Crippen LogP contribution >= 0.6 is 11.3 Å². The number of nitrogens with one attached hydrogen (secondary N) is 3. The van der Waals surface area contributed by atoms with Crippen LogP contribution < -0.4 is 15.1 Å². The number of quaternary nitrogens is 2. The van der Waals surface area contributed by atoms with Crippen molar-refractivity contribution in [2.24, 2.45) is 0 Å². The van der Waals surface area contributed by atoms with Crippen molar-refractivity contribution in [1.29, 1.82) is 0 Å². The van der Waals surface area contributed by atoms with Crippen LogP contribution in [0.25, 0.3) is 20.8 Å². The molecule has 1 saturated heterocycles. The van der Waals surface area contributed by atoms with E-state index in [0.29, 0.717) is 0 Å². The Morgan fingerprint density at radius 3 is 2.54 bits per heavy atom. The molecule has 0 saturated carbocycles. The van der Waals surface area contributed by atoms with Crippen LogP contribution in [0.15, 0.2) is 42.5 Å². The molecule has 0 radical (unpaired) electrons. The molecule has 1 aliphatic heterocycles. The van der Waals surface area contributed by atoms with Crippen LogP contribution in [0.4, 0.5) is 5.69 Å². The summed E-state index contributed by atoms with van der Waals surface area (Å²) in [4.78, 5) is 20.3. The molecule has 1 aliphatic rings. The van der Waals surface area contributed by atoms with Gasteiger partial charge in [0.05, 0.1) is 17.3 Å². The summed E-state index contributed by atoms with van der Waals surface area (Å²) in [6.45, 7) is 8.49. The summed E-state index contributed by atoms with van der Waals surface area (Å²) < 4.78 is 1.21. The zero-order chi connectivity index (χ0) is 19.7. The number of anilines is 1. The Labute approximate surface area is 170 Å². The van der Waals surface area contributed by atoms with Crippen molar-refractivity contribution in [3.63, 3.8) is 0 Å². The second-order valence-corrected chi connectivity index (χ2v) is 8.92. The van der Waals surface area contributed by atoms with Crippen LogP contribution in [-0.2, 0) is 4.79 Å². The van der Waals surface area contributed by atoms with Crippen molar-refractivity contribution < 1.29 is 14.6 Å². The number of carbonyl (C=O) groups excluding carboxylic acids is 1. The Hall–Kier alpha value is -2.28. The average Bonchev–Trinajstić information content (AvgIpc) is 3.11. The lowest BCUT2D eigenvalue weighted by molar-refractivity contribution is -1.01. The number of thiazole rings is 1. The first-order chi connectivity index (χ1) is 13.5. The molecule has 0 unspecified atom stereocenters. The third-order valence-electron chi connectivity index (χ3n) is 5.69. The maximum absolute atomic E-state index is 12.6. The molecule has 0 bridgehead atoms. The summed E-state index contributed by atoms with van der Waals surface area (Å²) >= 11 is 1.70. The third kappa shape index (κ3) is 4.09. The highest BCUT2D eigenvalue weighted by Crippen LogP contribution is 2.31. The van der Waals surface area contributed by atoms with E-state index in [-0.39, 0.29) is 11.9 Å². The predicted molar refractivity (Wildman–Crippen MR) is 115 cm³/mol. The highest BCUT2D eigenvalue weighted by molar-refractivity contribution is 7.21. The van der Waals surface area contributed by atoms with Crippen LogP contribution in [-0.4, -0.2) is 50.2 Å². The van der Waals surface area contributed by atoms with E-state index >= 15 is 0 Å². The fourth-order valence-electron chi connectivity index (χ4n) is 3.72. The molecule has 146 valence electrons. The highest BCUT2D eigenvalue weighted by Gasteiger charge is 2.29. The van der Waals surface area contributed by atoms with Gasteiger partial charge < -0.3 is 15.1 Å². The molecule has 6 heteroatoms. The largest absolute Gasteiger partial charge is 0.328 e. The van der Waals surface area contributed by atoms with Gasteiger partial charge in [-0.05, 0) is 55.8 Å². The number of piperazine rings is 1. The van der Waals surface area contributed by atoms with Gasteiger partial charge in [0.25, 0.3) is 5.91 Å². The Kier molecular flexibility index (Phi) is 5.44. The molecule has 3 aromatic rings. The molecule has 0 spiro atoms. The van der Waals surface area contributed by atoms with Crippen molar-refractivity contribution in [1.82, 2.24) is 4.98 Å². The van der Waals surface area contributed by atoms with Crippen molar-refractivity contribution in [2.45, 2.75) is 19.9 Å². The van der Waals surface area contributed by atoms with Gasteiger partial charge in [-0.2, -0.15) is 0 Å². The van der Waals surface area contributed by atoms with Crippen molar-refractivity contribution in [2.75, 3.05) is 38.5 Å². The zero-order valence-electron chi connectivity index (χ0n) is 16.7. The van der Waals surface area contributed by atoms with Gasteiger partial charge in [-0.1, -0.05) is 6.07 Å². The lowest BCUT2D eigenvalue weighted by Crippen LogP contribution is -3.29. The molecule has 1 fully saturated rings. The lowest BCUT2D eigenvalue weighted by Gasteiger charge is -2.30. The Morgan fingerprint density at radius 1 is 1.11 bits per heavy atom. The molecule has 3 N–H and O–H groups in total. The van der Waals surface area contributed by atoms with Gasteiger partial charge in [0.15, 0.2) is 6.04 Å². The van der Waals surface area contributed by atoms with E-state index in [1.165, 1.54) is 15.2 Å². The number of nitrogens with zero attached hydrogens (tertiary/aromatic N) is 1. The molecule has 5 nitrogen and oxygen atoms in total. The van der Waals surface area contributed by atoms with E-state index in [9.17, 15) is 4.79 Å². The monoisotopic (exact) mass is 396 g/mol. The fraction of sp³-hybridized carbons (Fsp3) is 0.364. The normalized spacial score (nSPS) is 20.8. The standard InChI is InChI=1S/C22H26N4OS/c1-15-4-9-19-20(14-15)28-22(24-19)17-5-7-18(8-6-17)23-21(27)16(2)26-12-10-25(3)11-13-26/h4-9,14,16H,10-13H2,1-3H3,(H,23,27)/p+2/t16-/m0/s1. The number of amides is 1. The maximum Gasteiger partial charge on any atom is 0.282 e. The topological polar surface area (TPSA) is 50.9 Å². The SMILES string of the molecule is Cc1ccc2nc(-c3ccc(NC(=O)[C@H](C)[NH+]4CC[NH+](C)CC4)cc3)sc2c1. The minimum atomic E-state index is -0.0275. The Morgan fingerprint density at radius 2 is 1.82 bits per heavy atom. The van der Waals surface area contributed by atoms with Gasteiger partial charge in [-0.3, -0.25) is 4.79 Å². The highest BCUT2D eigenvalue weighted by atomic mass is 32.1. The molecule has 1 amide bonds. The minimum Gasteiger partial charge on any atom is -0.328 e. The van der Waals surface area contributed by atoms with Gasteiger partial charge in [-0.15, -0.1) is 11.3 Å². The first kappa shape index (κ1) is 19.1. The van der Waals surface area contributed by atoms with Gasteiger partial charge in [0, 0.05) is 11.3 Å². The fourth-order valence-corrected chi connectivity index (χ4v) is 4.79. The second kappa shape index (κ2) is 7.99. The Balaban J connectivity index is 1.43. The van der Waals surface area contributed by atoms with E-state index in [2.05, 4.69) is 37.5 Å². The first-order valence-corrected chi connectivity index (χ1v) is 10.8. The van der Waals surface area contributed by atoms with E-state index < -0.39 is 0 Å². The van der Waals surface area contributed by atoms with E-state index in [1.54, 1.807) is 16.2 Å². The van der Waals surface area contributed by atoms with Crippen LogP contribution in [0.2, 0.25) is 0 Å². The van der Waals surface area contributed by atoms with Crippen molar-refractivity contribution in [3.05, 3.63) is 48.0 Å². The van der Waals surface area contributed by atoms with Crippen LogP contribution in [0.1, 0.15) is 12.5 Å². The van der Waals surface area contributed by atoms with Gasteiger partial charge in [0.2, 0.25) is 0 Å². The van der Waals surface area contributed by atoms with Gasteiger partial charge >= 0.3 is 0 Å². The number of fused-ring (bicyclic) bond motifs is 1. The average molecular weight is 397 g/mol. The number of aryl methyl sites for hydroxylation is 1. The molecular weight excluding hydrogens is 368 g/mol. The molecule has 2 aromatic carbocycles. The number of benzene rings is 2. The number of hydrogen-bond acceptors (Lipinski definition) is 3. The van der Waals surface area contributed by atoms with Crippen LogP contribution in [0, 0.1) is 6.92 Å². The predicted octanol–water partition coefficient (Wildman–Crippen LogP) is 1.01. The number of carbonyl (C=O) groups is 1. The Bertz CT molecular complexity index is 974. The van der Waals surface area contributed by atoms with E-state index in [1.807, 2.05) is 31.2 Å². The number of rotatable bonds is 4. The number of likely N-dealkylation sites (N-methyl/N-ethyl adjacent to an activating group) is 1. The summed E-state index contributed by atoms with van der Waals surface area (Å²) in [5.74, 6) is 0.0952. The molecule has 4 rings (SSSR count). The third-order valence-corrected chi connectivity index (χ3v) is 6.76. The van der Waals surface area contributed by atoms with Gasteiger partial charge in [0.1, 0.15) is 31.2 Å². The molecular formula is C22H28N4OS+2. The molecule has 1 aromatic heterocycles. The summed E-state index contributed by atoms with van der Waals surface area (Å²) in [5, 5.41) is 4.09. The second-order valence-electron chi connectivity index (χ2n) is 7.89. The van der Waals surface area contributed by atoms with Crippen LogP contribution in [0.3, 0.4) is 0 Å². The number of aromatic nitrogens is 1. The number of hydrogen-bond donors (Lipinski definition) is 3. The van der Waals surface area contributed by atoms with Crippen molar-refractivity contribution >= 4 is 33.1 Å². The molecule has 2 heterocycles. The molecule has 1 atom stereocenters. The minimum absolute atomic E-state index is 0.0275. The quantitative estimate of drug-likeness (QED) is 0.617. The molecule has 0 aliphatic carbocycles. The van der Waals surface area contributed by atoms with Crippen LogP contribution in [0.5, 0.6) is 0 Å². The summed E-state index contributed by atoms with van der Waals surface area (Å²) in [7, 11) is 2.22.